The van der Waals surface area contributed by atoms with Gasteiger partial charge in [-0.25, -0.2) is 4.99 Å². The Morgan fingerprint density at radius 1 is 1.38 bits per heavy atom. The standard InChI is InChI=1S/C14H22N2/c1-5-8-13-11-12(4)14(15-9-6-2)16(13)10-7-3/h6,9,11H,4-5,7-8,10H2,1-3H3/b9-6-,15-14?. The maximum atomic E-state index is 4.47. The lowest BCUT2D eigenvalue weighted by Crippen LogP contribution is -2.26. The van der Waals surface area contributed by atoms with E-state index < -0.39 is 0 Å². The molecule has 0 aliphatic carbocycles. The van der Waals surface area contributed by atoms with E-state index in [-0.39, 0.29) is 0 Å². The first-order valence-electron chi connectivity index (χ1n) is 6.10. The van der Waals surface area contributed by atoms with Gasteiger partial charge in [-0.2, -0.15) is 0 Å². The van der Waals surface area contributed by atoms with E-state index in [0.717, 1.165) is 37.2 Å². The lowest BCUT2D eigenvalue weighted by Gasteiger charge is -2.22. The van der Waals surface area contributed by atoms with Crippen LogP contribution < -0.4 is 0 Å². The topological polar surface area (TPSA) is 15.6 Å². The fraction of sp³-hybridized carbons (Fsp3) is 0.500. The molecular formula is C14H22N2. The molecule has 0 saturated carbocycles. The molecule has 1 aliphatic heterocycles. The number of amidine groups is 1. The van der Waals surface area contributed by atoms with E-state index in [1.54, 1.807) is 0 Å². The number of nitrogens with zero attached hydrogens (tertiary/aromatic N) is 2. The summed E-state index contributed by atoms with van der Waals surface area (Å²) >= 11 is 0. The smallest absolute Gasteiger partial charge is 0.139 e. The van der Waals surface area contributed by atoms with Gasteiger partial charge in [-0.1, -0.05) is 32.9 Å². The summed E-state index contributed by atoms with van der Waals surface area (Å²) in [4.78, 5) is 6.76. The molecule has 0 atom stereocenters. The Morgan fingerprint density at radius 3 is 2.69 bits per heavy atom. The second-order valence-corrected chi connectivity index (χ2v) is 4.00. The highest BCUT2D eigenvalue weighted by atomic mass is 15.2. The number of hydrogen-bond acceptors (Lipinski definition) is 1. The van der Waals surface area contributed by atoms with E-state index in [1.807, 2.05) is 19.2 Å². The third kappa shape index (κ3) is 2.84. The first kappa shape index (κ1) is 12.8. The third-order valence-corrected chi connectivity index (χ3v) is 2.53. The molecule has 0 aromatic rings. The fourth-order valence-corrected chi connectivity index (χ4v) is 1.89. The van der Waals surface area contributed by atoms with Crippen LogP contribution in [-0.4, -0.2) is 17.3 Å². The number of aliphatic imine (C=N–C) groups is 1. The molecule has 0 unspecified atom stereocenters. The van der Waals surface area contributed by atoms with Gasteiger partial charge in [0.1, 0.15) is 5.84 Å². The maximum Gasteiger partial charge on any atom is 0.139 e. The molecule has 1 rings (SSSR count). The van der Waals surface area contributed by atoms with Crippen LogP contribution in [0.3, 0.4) is 0 Å². The molecule has 88 valence electrons. The van der Waals surface area contributed by atoms with Crippen molar-refractivity contribution in [2.45, 2.75) is 40.0 Å². The molecule has 1 heterocycles. The van der Waals surface area contributed by atoms with Gasteiger partial charge in [-0.15, -0.1) is 0 Å². The monoisotopic (exact) mass is 218 g/mol. The molecule has 0 saturated heterocycles. The Hall–Kier alpha value is -1.31. The Kier molecular flexibility index (Phi) is 5.03. The van der Waals surface area contributed by atoms with Crippen LogP contribution in [0.2, 0.25) is 0 Å². The van der Waals surface area contributed by atoms with Gasteiger partial charge in [-0.05, 0) is 25.8 Å². The summed E-state index contributed by atoms with van der Waals surface area (Å²) in [6.45, 7) is 11.5. The van der Waals surface area contributed by atoms with Crippen molar-refractivity contribution >= 4 is 5.84 Å². The maximum absolute atomic E-state index is 4.47. The Bertz CT molecular complexity index is 335. The van der Waals surface area contributed by atoms with Crippen molar-refractivity contribution in [3.05, 3.63) is 36.2 Å². The van der Waals surface area contributed by atoms with Crippen molar-refractivity contribution in [1.29, 1.82) is 0 Å². The summed E-state index contributed by atoms with van der Waals surface area (Å²) in [5.41, 5.74) is 2.40. The molecule has 16 heavy (non-hydrogen) atoms. The predicted molar refractivity (Wildman–Crippen MR) is 71.4 cm³/mol. The van der Waals surface area contributed by atoms with Crippen LogP contribution in [0.25, 0.3) is 0 Å². The Labute approximate surface area is 99.1 Å². The van der Waals surface area contributed by atoms with E-state index in [4.69, 9.17) is 0 Å². The Balaban J connectivity index is 2.91. The summed E-state index contributed by atoms with van der Waals surface area (Å²) in [6, 6.07) is 0. The molecule has 0 amide bonds. The largest absolute Gasteiger partial charge is 0.330 e. The van der Waals surface area contributed by atoms with Gasteiger partial charge in [-0.3, -0.25) is 0 Å². The van der Waals surface area contributed by atoms with Gasteiger partial charge in [0.2, 0.25) is 0 Å². The van der Waals surface area contributed by atoms with Crippen LogP contribution in [-0.2, 0) is 0 Å². The van der Waals surface area contributed by atoms with Gasteiger partial charge in [0.25, 0.3) is 0 Å². The summed E-state index contributed by atoms with van der Waals surface area (Å²) in [5, 5.41) is 0. The highest BCUT2D eigenvalue weighted by Crippen LogP contribution is 2.25. The minimum Gasteiger partial charge on any atom is -0.330 e. The van der Waals surface area contributed by atoms with E-state index in [0.29, 0.717) is 0 Å². The second kappa shape index (κ2) is 6.31. The molecule has 0 radical (unpaired) electrons. The molecule has 2 heteroatoms. The number of hydrogen-bond donors (Lipinski definition) is 0. The first-order valence-corrected chi connectivity index (χ1v) is 6.10. The molecule has 0 fully saturated rings. The van der Waals surface area contributed by atoms with E-state index in [1.165, 1.54) is 5.70 Å². The van der Waals surface area contributed by atoms with Crippen LogP contribution in [0, 0.1) is 0 Å². The quantitative estimate of drug-likeness (QED) is 0.683. The van der Waals surface area contributed by atoms with Crippen molar-refractivity contribution < 1.29 is 0 Å². The molecule has 0 spiro atoms. The zero-order valence-corrected chi connectivity index (χ0v) is 10.7. The summed E-state index contributed by atoms with van der Waals surface area (Å²) in [6.07, 6.45) is 9.35. The minimum atomic E-state index is 1.02. The minimum absolute atomic E-state index is 1.02. The van der Waals surface area contributed by atoms with Gasteiger partial charge in [0, 0.05) is 24.0 Å². The molecular weight excluding hydrogens is 196 g/mol. The average molecular weight is 218 g/mol. The van der Waals surface area contributed by atoms with E-state index in [2.05, 4.69) is 36.4 Å². The fourth-order valence-electron chi connectivity index (χ4n) is 1.89. The predicted octanol–water partition coefficient (Wildman–Crippen LogP) is 3.88. The average Bonchev–Trinajstić information content (AvgIpc) is 2.54. The van der Waals surface area contributed by atoms with Gasteiger partial charge < -0.3 is 4.90 Å². The van der Waals surface area contributed by atoms with E-state index in [9.17, 15) is 0 Å². The lowest BCUT2D eigenvalue weighted by molar-refractivity contribution is 0.495. The normalized spacial score (nSPS) is 18.9. The van der Waals surface area contributed by atoms with Crippen molar-refractivity contribution in [2.75, 3.05) is 6.54 Å². The SMILES string of the molecule is C=C1C=C(CCC)N(CCC)C1=N/C=C\C. The van der Waals surface area contributed by atoms with Crippen molar-refractivity contribution in [1.82, 2.24) is 4.90 Å². The molecule has 0 N–H and O–H groups in total. The molecule has 0 bridgehead atoms. The molecule has 1 aliphatic rings. The van der Waals surface area contributed by atoms with E-state index >= 15 is 0 Å². The Morgan fingerprint density at radius 2 is 2.12 bits per heavy atom. The highest BCUT2D eigenvalue weighted by Gasteiger charge is 2.22. The van der Waals surface area contributed by atoms with Crippen LogP contribution in [0.4, 0.5) is 0 Å². The molecule has 0 aromatic carbocycles. The van der Waals surface area contributed by atoms with Gasteiger partial charge in [0.05, 0.1) is 0 Å². The van der Waals surface area contributed by atoms with Crippen LogP contribution in [0.15, 0.2) is 41.2 Å². The van der Waals surface area contributed by atoms with Crippen LogP contribution >= 0.6 is 0 Å². The first-order chi connectivity index (χ1) is 7.74. The molecule has 2 nitrogen and oxygen atoms in total. The number of allylic oxidation sites excluding steroid dienone is 2. The highest BCUT2D eigenvalue weighted by molar-refractivity contribution is 6.04. The van der Waals surface area contributed by atoms with Crippen LogP contribution in [0.1, 0.15) is 40.0 Å². The summed E-state index contributed by atoms with van der Waals surface area (Å²) in [5.74, 6) is 1.02. The lowest BCUT2D eigenvalue weighted by atomic mass is 10.2. The second-order valence-electron chi connectivity index (χ2n) is 4.00. The van der Waals surface area contributed by atoms with Crippen LogP contribution in [0.5, 0.6) is 0 Å². The van der Waals surface area contributed by atoms with Crippen molar-refractivity contribution in [2.24, 2.45) is 4.99 Å². The zero-order valence-electron chi connectivity index (χ0n) is 10.7. The van der Waals surface area contributed by atoms with Crippen molar-refractivity contribution in [3.63, 3.8) is 0 Å². The number of rotatable bonds is 5. The third-order valence-electron chi connectivity index (χ3n) is 2.53. The van der Waals surface area contributed by atoms with Crippen molar-refractivity contribution in [3.8, 4) is 0 Å². The van der Waals surface area contributed by atoms with Gasteiger partial charge >= 0.3 is 0 Å². The summed E-state index contributed by atoms with van der Waals surface area (Å²) < 4.78 is 0. The van der Waals surface area contributed by atoms with Gasteiger partial charge in [0.15, 0.2) is 0 Å². The summed E-state index contributed by atoms with van der Waals surface area (Å²) in [7, 11) is 0. The molecule has 0 aromatic heterocycles. The zero-order chi connectivity index (χ0) is 12.0.